The number of hydrogen-bond acceptors (Lipinski definition) is 3. The van der Waals surface area contributed by atoms with Gasteiger partial charge >= 0.3 is 0 Å². The van der Waals surface area contributed by atoms with Gasteiger partial charge in [0.15, 0.2) is 23.3 Å². The van der Waals surface area contributed by atoms with Gasteiger partial charge in [-0.15, -0.1) is 10.2 Å². The minimum atomic E-state index is 0.653. The van der Waals surface area contributed by atoms with Gasteiger partial charge in [-0.2, -0.15) is 0 Å². The van der Waals surface area contributed by atoms with Crippen LogP contribution in [-0.2, 0) is 0 Å². The smallest absolute Gasteiger partial charge is 0.173 e. The second kappa shape index (κ2) is 16.1. The van der Waals surface area contributed by atoms with E-state index in [0.717, 1.165) is 127 Å². The first-order valence-electron chi connectivity index (χ1n) is 25.4. The van der Waals surface area contributed by atoms with E-state index < -0.39 is 0 Å². The molecule has 0 saturated carbocycles. The molecule has 0 aliphatic rings. The normalized spacial score (nSPS) is 12.0. The third-order valence-corrected chi connectivity index (χ3v) is 15.2. The van der Waals surface area contributed by atoms with E-state index in [0.29, 0.717) is 11.6 Å². The Hall–Kier alpha value is -10.3. The molecule has 0 unspecified atom stereocenters. The largest absolute Gasteiger partial charge is 0.305 e. The molecule has 8 heteroatoms. The third kappa shape index (κ3) is 5.90. The molecular formula is C67H42N8. The lowest BCUT2D eigenvalue weighted by Gasteiger charge is -2.26. The lowest BCUT2D eigenvalue weighted by atomic mass is 10.1. The average Bonchev–Trinajstić information content (AvgIpc) is 4.31. The van der Waals surface area contributed by atoms with E-state index >= 15 is 0 Å². The number of nitrogens with zero attached hydrogens (tertiary/aromatic N) is 8. The molecular weight excluding hydrogens is 917 g/mol. The van der Waals surface area contributed by atoms with Crippen molar-refractivity contribution in [3.8, 4) is 51.5 Å². The van der Waals surface area contributed by atoms with Crippen molar-refractivity contribution in [2.45, 2.75) is 0 Å². The summed E-state index contributed by atoms with van der Waals surface area (Å²) in [5.74, 6) is 2.84. The third-order valence-electron chi connectivity index (χ3n) is 15.2. The summed E-state index contributed by atoms with van der Waals surface area (Å²) < 4.78 is 11.9. The first-order chi connectivity index (χ1) is 37.3. The van der Waals surface area contributed by atoms with Crippen LogP contribution in [0.1, 0.15) is 0 Å². The van der Waals surface area contributed by atoms with Crippen LogP contribution < -0.4 is 0 Å². The highest BCUT2D eigenvalue weighted by molar-refractivity contribution is 6.15. The van der Waals surface area contributed by atoms with E-state index in [1.165, 1.54) is 0 Å². The number of pyridine rings is 1. The molecule has 0 spiro atoms. The molecule has 16 rings (SSSR count). The second-order valence-electron chi connectivity index (χ2n) is 19.2. The Bertz CT molecular complexity index is 4490. The topological polar surface area (TPSA) is 63.3 Å². The Morgan fingerprint density at radius 1 is 0.227 bits per heavy atom. The van der Waals surface area contributed by atoms with E-state index in [9.17, 15) is 0 Å². The van der Waals surface area contributed by atoms with Crippen LogP contribution in [-0.4, -0.2) is 38.0 Å². The van der Waals surface area contributed by atoms with E-state index in [1.54, 1.807) is 0 Å². The SMILES string of the molecule is c1ccc(-c2nnc(-c3c(-n4c5ccccc5c5ccccc54)c(-n4c5ccccc5c5ccccc54)nc(-n4c5ccccc5c5ccccc54)c3-n3c4ccccc4c4ccccc43)n2-c2ccccc2)cc1. The highest BCUT2D eigenvalue weighted by atomic mass is 15.3. The summed E-state index contributed by atoms with van der Waals surface area (Å²) in [5, 5.41) is 19.9. The Morgan fingerprint density at radius 2 is 0.493 bits per heavy atom. The van der Waals surface area contributed by atoms with Crippen LogP contribution >= 0.6 is 0 Å². The maximum atomic E-state index is 6.38. The molecule has 6 aromatic heterocycles. The highest BCUT2D eigenvalue weighted by Gasteiger charge is 2.35. The van der Waals surface area contributed by atoms with Crippen molar-refractivity contribution in [1.29, 1.82) is 0 Å². The van der Waals surface area contributed by atoms with Crippen molar-refractivity contribution in [3.05, 3.63) is 255 Å². The van der Waals surface area contributed by atoms with E-state index in [1.807, 2.05) is 6.07 Å². The summed E-state index contributed by atoms with van der Waals surface area (Å²) in [7, 11) is 0. The second-order valence-corrected chi connectivity index (χ2v) is 19.2. The zero-order chi connectivity index (χ0) is 49.1. The van der Waals surface area contributed by atoms with Crippen molar-refractivity contribution in [3.63, 3.8) is 0 Å². The van der Waals surface area contributed by atoms with Gasteiger partial charge in [0.25, 0.3) is 0 Å². The van der Waals surface area contributed by atoms with Gasteiger partial charge in [0, 0.05) is 54.3 Å². The molecule has 0 aliphatic carbocycles. The first-order valence-corrected chi connectivity index (χ1v) is 25.4. The Balaban J connectivity index is 1.25. The maximum absolute atomic E-state index is 6.38. The molecule has 0 fully saturated rings. The average molecular weight is 959 g/mol. The van der Waals surface area contributed by atoms with Crippen LogP contribution in [0.25, 0.3) is 139 Å². The lowest BCUT2D eigenvalue weighted by molar-refractivity contribution is 0.950. The summed E-state index contributed by atoms with van der Waals surface area (Å²) in [6.07, 6.45) is 0. The number of rotatable bonds is 7. The molecule has 0 saturated heterocycles. The number of para-hydroxylation sites is 9. The standard InChI is InChI=1S/C67H42N8/c1-3-23-43(24-4-1)64-69-70-65(71(64)44-25-5-2-6-26-44)61-62(72-53-35-15-7-27-45(53)46-28-8-16-36-54(46)72)66(74-57-39-19-11-31-49(57)50-32-12-20-40-58(50)74)68-67(75-59-41-21-13-33-51(59)52-34-14-22-42-60(52)75)63(61)73-55-37-17-9-29-47(55)48-30-10-18-38-56(48)73/h1-42H. The summed E-state index contributed by atoms with van der Waals surface area (Å²) in [5.41, 5.74) is 12.7. The van der Waals surface area contributed by atoms with E-state index in [-0.39, 0.29) is 0 Å². The Kier molecular flexibility index (Phi) is 8.87. The first kappa shape index (κ1) is 41.3. The highest BCUT2D eigenvalue weighted by Crippen LogP contribution is 2.49. The molecule has 0 bridgehead atoms. The molecule has 0 radical (unpaired) electrons. The van der Waals surface area contributed by atoms with Gasteiger partial charge in [-0.25, -0.2) is 4.98 Å². The van der Waals surface area contributed by atoms with Crippen molar-refractivity contribution < 1.29 is 0 Å². The fourth-order valence-electron chi connectivity index (χ4n) is 12.2. The molecule has 8 nitrogen and oxygen atoms in total. The number of fused-ring (bicyclic) bond motifs is 12. The number of aromatic nitrogens is 8. The summed E-state index contributed by atoms with van der Waals surface area (Å²) in [6.45, 7) is 0. The van der Waals surface area contributed by atoms with Crippen LogP contribution in [0.15, 0.2) is 255 Å². The van der Waals surface area contributed by atoms with Gasteiger partial charge in [-0.3, -0.25) is 13.7 Å². The summed E-state index contributed by atoms with van der Waals surface area (Å²) in [4.78, 5) is 6.38. The monoisotopic (exact) mass is 958 g/mol. The van der Waals surface area contributed by atoms with Crippen molar-refractivity contribution in [2.75, 3.05) is 0 Å². The molecule has 0 N–H and O–H groups in total. The van der Waals surface area contributed by atoms with Gasteiger partial charge in [0.05, 0.1) is 49.7 Å². The molecule has 0 amide bonds. The fraction of sp³-hybridized carbons (Fsp3) is 0. The van der Waals surface area contributed by atoms with Crippen molar-refractivity contribution in [1.82, 2.24) is 38.0 Å². The Morgan fingerprint density at radius 3 is 0.827 bits per heavy atom. The van der Waals surface area contributed by atoms with Crippen LogP contribution in [0.3, 0.4) is 0 Å². The van der Waals surface area contributed by atoms with E-state index in [4.69, 9.17) is 15.2 Å². The maximum Gasteiger partial charge on any atom is 0.173 e. The fourth-order valence-corrected chi connectivity index (χ4v) is 12.2. The minimum Gasteiger partial charge on any atom is -0.305 e. The summed E-state index contributed by atoms with van der Waals surface area (Å²) in [6, 6.07) is 91.0. The van der Waals surface area contributed by atoms with Crippen molar-refractivity contribution >= 4 is 87.2 Å². The molecule has 10 aromatic carbocycles. The van der Waals surface area contributed by atoms with Crippen LogP contribution in [0.4, 0.5) is 0 Å². The quantitative estimate of drug-likeness (QED) is 0.160. The molecule has 75 heavy (non-hydrogen) atoms. The van der Waals surface area contributed by atoms with Gasteiger partial charge in [-0.1, -0.05) is 194 Å². The lowest BCUT2D eigenvalue weighted by Crippen LogP contribution is -2.17. The number of benzene rings is 10. The predicted octanol–water partition coefficient (Wildman–Crippen LogP) is 16.4. The molecule has 6 heterocycles. The summed E-state index contributed by atoms with van der Waals surface area (Å²) >= 11 is 0. The minimum absolute atomic E-state index is 0.653. The number of hydrogen-bond donors (Lipinski definition) is 0. The zero-order valence-corrected chi connectivity index (χ0v) is 40.3. The molecule has 0 atom stereocenters. The molecule has 16 aromatic rings. The Labute approximate surface area is 429 Å². The van der Waals surface area contributed by atoms with Crippen LogP contribution in [0, 0.1) is 0 Å². The van der Waals surface area contributed by atoms with Gasteiger partial charge in [0.2, 0.25) is 0 Å². The predicted molar refractivity (Wildman–Crippen MR) is 307 cm³/mol. The zero-order valence-electron chi connectivity index (χ0n) is 40.3. The van der Waals surface area contributed by atoms with Gasteiger partial charge in [-0.05, 0) is 60.7 Å². The van der Waals surface area contributed by atoms with E-state index in [2.05, 4.69) is 272 Å². The van der Waals surface area contributed by atoms with Gasteiger partial charge in [0.1, 0.15) is 11.4 Å². The molecule has 350 valence electrons. The molecule has 0 aliphatic heterocycles. The van der Waals surface area contributed by atoms with Crippen molar-refractivity contribution in [2.24, 2.45) is 0 Å². The van der Waals surface area contributed by atoms with Gasteiger partial charge < -0.3 is 9.13 Å². The van der Waals surface area contributed by atoms with Crippen LogP contribution in [0.2, 0.25) is 0 Å². The van der Waals surface area contributed by atoms with Crippen LogP contribution in [0.5, 0.6) is 0 Å².